The van der Waals surface area contributed by atoms with Gasteiger partial charge >= 0.3 is 0 Å². The third kappa shape index (κ3) is 5.52. The Kier molecular flexibility index (Phi) is 7.21. The summed E-state index contributed by atoms with van der Waals surface area (Å²) in [5.74, 6) is 1.96. The molecule has 1 aromatic heterocycles. The van der Waals surface area contributed by atoms with Gasteiger partial charge in [-0.25, -0.2) is 15.0 Å². The molecule has 7 aromatic carbocycles. The van der Waals surface area contributed by atoms with Crippen LogP contribution in [0.25, 0.3) is 78.7 Å². The zero-order valence-corrected chi connectivity index (χ0v) is 26.8. The molecule has 230 valence electrons. The summed E-state index contributed by atoms with van der Waals surface area (Å²) in [6.45, 7) is 0. The molecule has 0 saturated heterocycles. The molecule has 8 aromatic rings. The molecule has 0 amide bonds. The Morgan fingerprint density at radius 1 is 0.286 bits per heavy atom. The van der Waals surface area contributed by atoms with Crippen LogP contribution < -0.4 is 0 Å². The van der Waals surface area contributed by atoms with Gasteiger partial charge in [0.15, 0.2) is 17.5 Å². The van der Waals surface area contributed by atoms with Gasteiger partial charge in [-0.15, -0.1) is 0 Å². The van der Waals surface area contributed by atoms with Crippen LogP contribution in [0.15, 0.2) is 176 Å². The van der Waals surface area contributed by atoms with Gasteiger partial charge in [0.05, 0.1) is 0 Å². The molecule has 1 heterocycles. The first-order valence-corrected chi connectivity index (χ1v) is 16.7. The zero-order valence-electron chi connectivity index (χ0n) is 26.8. The highest BCUT2D eigenvalue weighted by atomic mass is 15.0. The molecule has 0 saturated carbocycles. The van der Waals surface area contributed by atoms with Gasteiger partial charge in [0.1, 0.15) is 0 Å². The summed E-state index contributed by atoms with van der Waals surface area (Å²) < 4.78 is 0. The molecule has 49 heavy (non-hydrogen) atoms. The van der Waals surface area contributed by atoms with E-state index in [2.05, 4.69) is 115 Å². The summed E-state index contributed by atoms with van der Waals surface area (Å²) >= 11 is 0. The maximum Gasteiger partial charge on any atom is 0.164 e. The lowest BCUT2D eigenvalue weighted by atomic mass is 9.91. The Labute approximate surface area is 286 Å². The highest BCUT2D eigenvalue weighted by molar-refractivity contribution is 5.89. The fourth-order valence-corrected chi connectivity index (χ4v) is 6.93. The first kappa shape index (κ1) is 28.7. The van der Waals surface area contributed by atoms with Crippen LogP contribution in [0.2, 0.25) is 0 Å². The minimum Gasteiger partial charge on any atom is -0.208 e. The molecule has 9 rings (SSSR count). The first-order chi connectivity index (χ1) is 24.3. The van der Waals surface area contributed by atoms with Crippen molar-refractivity contribution in [1.82, 2.24) is 15.0 Å². The van der Waals surface area contributed by atoms with Crippen LogP contribution in [-0.4, -0.2) is 15.0 Å². The van der Waals surface area contributed by atoms with E-state index in [1.165, 1.54) is 38.9 Å². The van der Waals surface area contributed by atoms with Gasteiger partial charge in [-0.1, -0.05) is 152 Å². The Balaban J connectivity index is 1.22. The van der Waals surface area contributed by atoms with Crippen molar-refractivity contribution in [3.8, 4) is 78.7 Å². The maximum absolute atomic E-state index is 5.09. The molecular formula is C46H31N3. The van der Waals surface area contributed by atoms with Crippen LogP contribution >= 0.6 is 0 Å². The zero-order chi connectivity index (χ0) is 32.6. The average molecular weight is 626 g/mol. The van der Waals surface area contributed by atoms with Crippen molar-refractivity contribution in [2.45, 2.75) is 6.42 Å². The van der Waals surface area contributed by atoms with Gasteiger partial charge < -0.3 is 0 Å². The van der Waals surface area contributed by atoms with Crippen molar-refractivity contribution in [3.05, 3.63) is 187 Å². The molecule has 0 atom stereocenters. The monoisotopic (exact) mass is 625 g/mol. The van der Waals surface area contributed by atoms with Crippen molar-refractivity contribution in [2.24, 2.45) is 0 Å². The average Bonchev–Trinajstić information content (AvgIpc) is 3.57. The third-order valence-electron chi connectivity index (χ3n) is 9.36. The summed E-state index contributed by atoms with van der Waals surface area (Å²) in [6.07, 6.45) is 0.892. The van der Waals surface area contributed by atoms with E-state index < -0.39 is 0 Å². The number of fused-ring (bicyclic) bond motifs is 3. The molecule has 0 radical (unpaired) electrons. The van der Waals surface area contributed by atoms with Crippen molar-refractivity contribution in [3.63, 3.8) is 0 Å². The van der Waals surface area contributed by atoms with Gasteiger partial charge in [-0.3, -0.25) is 0 Å². The fourth-order valence-electron chi connectivity index (χ4n) is 6.93. The molecule has 0 fully saturated rings. The topological polar surface area (TPSA) is 38.7 Å². The van der Waals surface area contributed by atoms with E-state index in [-0.39, 0.29) is 0 Å². The van der Waals surface area contributed by atoms with E-state index in [0.717, 1.165) is 39.8 Å². The minimum atomic E-state index is 0.648. The summed E-state index contributed by atoms with van der Waals surface area (Å²) in [7, 11) is 0. The van der Waals surface area contributed by atoms with E-state index in [0.29, 0.717) is 17.5 Å². The smallest absolute Gasteiger partial charge is 0.164 e. The Bertz CT molecular complexity index is 2380. The quantitative estimate of drug-likeness (QED) is 0.185. The molecule has 1 aliphatic carbocycles. The van der Waals surface area contributed by atoms with Gasteiger partial charge in [0.2, 0.25) is 0 Å². The van der Waals surface area contributed by atoms with E-state index in [4.69, 9.17) is 15.0 Å². The Morgan fingerprint density at radius 2 is 0.755 bits per heavy atom. The van der Waals surface area contributed by atoms with E-state index in [9.17, 15) is 0 Å². The van der Waals surface area contributed by atoms with Gasteiger partial charge in [-0.2, -0.15) is 0 Å². The number of nitrogens with zero attached hydrogens (tertiary/aromatic N) is 3. The van der Waals surface area contributed by atoms with Gasteiger partial charge in [0, 0.05) is 16.7 Å². The predicted molar refractivity (Wildman–Crippen MR) is 201 cm³/mol. The largest absolute Gasteiger partial charge is 0.208 e. The van der Waals surface area contributed by atoms with Crippen LogP contribution in [0.3, 0.4) is 0 Å². The standard InChI is InChI=1S/C46H31N3/c1-5-14-31(15-6-1)35-24-25-36-30-43-40(22-13-23-41(43)42(36)29-35)38-26-37(32-16-7-2-8-17-32)27-39(28-38)46-48-44(33-18-9-3-10-19-33)47-45(49-46)34-20-11-4-12-21-34/h1-29H,30H2. The maximum atomic E-state index is 5.09. The summed E-state index contributed by atoms with van der Waals surface area (Å²) in [6, 6.07) is 61.9. The predicted octanol–water partition coefficient (Wildman–Crippen LogP) is 11.4. The Morgan fingerprint density at radius 3 is 1.35 bits per heavy atom. The number of hydrogen-bond donors (Lipinski definition) is 0. The fraction of sp³-hybridized carbons (Fsp3) is 0.0217. The normalized spacial score (nSPS) is 11.6. The lowest BCUT2D eigenvalue weighted by Crippen LogP contribution is -2.00. The Hall–Kier alpha value is -6.45. The molecule has 3 nitrogen and oxygen atoms in total. The SMILES string of the molecule is c1ccc(-c2cc(-c3nc(-c4ccccc4)nc(-c4ccccc4)n3)cc(-c3cccc4c3Cc3ccc(-c5ccccc5)cc3-4)c2)cc1. The second-order valence-corrected chi connectivity index (χ2v) is 12.4. The van der Waals surface area contributed by atoms with Crippen LogP contribution in [0.5, 0.6) is 0 Å². The molecule has 0 bridgehead atoms. The van der Waals surface area contributed by atoms with Crippen LogP contribution in [0.1, 0.15) is 11.1 Å². The molecule has 0 unspecified atom stereocenters. The van der Waals surface area contributed by atoms with E-state index in [1.54, 1.807) is 0 Å². The molecule has 0 aliphatic heterocycles. The second kappa shape index (κ2) is 12.3. The van der Waals surface area contributed by atoms with Crippen molar-refractivity contribution >= 4 is 0 Å². The molecule has 0 spiro atoms. The van der Waals surface area contributed by atoms with Crippen molar-refractivity contribution < 1.29 is 0 Å². The lowest BCUT2D eigenvalue weighted by molar-refractivity contribution is 1.07. The summed E-state index contributed by atoms with van der Waals surface area (Å²) in [4.78, 5) is 15.1. The molecular weight excluding hydrogens is 595 g/mol. The number of benzene rings is 7. The summed E-state index contributed by atoms with van der Waals surface area (Å²) in [5.41, 5.74) is 15.3. The van der Waals surface area contributed by atoms with Crippen molar-refractivity contribution in [1.29, 1.82) is 0 Å². The van der Waals surface area contributed by atoms with Gasteiger partial charge in [0.25, 0.3) is 0 Å². The lowest BCUT2D eigenvalue weighted by Gasteiger charge is -2.14. The van der Waals surface area contributed by atoms with Crippen LogP contribution in [0, 0.1) is 0 Å². The summed E-state index contributed by atoms with van der Waals surface area (Å²) in [5, 5.41) is 0. The molecule has 0 N–H and O–H groups in total. The highest BCUT2D eigenvalue weighted by Crippen LogP contribution is 2.44. The van der Waals surface area contributed by atoms with Crippen LogP contribution in [0.4, 0.5) is 0 Å². The second-order valence-electron chi connectivity index (χ2n) is 12.4. The van der Waals surface area contributed by atoms with Crippen molar-refractivity contribution in [2.75, 3.05) is 0 Å². The number of aromatic nitrogens is 3. The number of rotatable bonds is 6. The minimum absolute atomic E-state index is 0.648. The number of hydrogen-bond acceptors (Lipinski definition) is 3. The third-order valence-corrected chi connectivity index (χ3v) is 9.36. The molecule has 3 heteroatoms. The first-order valence-electron chi connectivity index (χ1n) is 16.7. The van der Waals surface area contributed by atoms with Gasteiger partial charge in [-0.05, 0) is 86.3 Å². The van der Waals surface area contributed by atoms with E-state index >= 15 is 0 Å². The van der Waals surface area contributed by atoms with Crippen LogP contribution in [-0.2, 0) is 6.42 Å². The van der Waals surface area contributed by atoms with E-state index in [1.807, 2.05) is 60.7 Å². The molecule has 1 aliphatic rings. The highest BCUT2D eigenvalue weighted by Gasteiger charge is 2.23.